The minimum Gasteiger partial charge on any atom is -0.493 e. The van der Waals surface area contributed by atoms with Gasteiger partial charge in [-0.1, -0.05) is 0 Å². The van der Waals surface area contributed by atoms with E-state index in [-0.39, 0.29) is 18.3 Å². The van der Waals surface area contributed by atoms with E-state index >= 15 is 0 Å². The van der Waals surface area contributed by atoms with Gasteiger partial charge in [0.05, 0.1) is 21.3 Å². The van der Waals surface area contributed by atoms with Crippen LogP contribution in [-0.4, -0.2) is 46.9 Å². The Balaban J connectivity index is 0.00000312. The van der Waals surface area contributed by atoms with Crippen LogP contribution in [0.4, 0.5) is 0 Å². The topological polar surface area (TPSA) is 68.8 Å². The van der Waals surface area contributed by atoms with Crippen molar-refractivity contribution in [3.8, 4) is 17.2 Å². The number of halogens is 1. The highest BCUT2D eigenvalue weighted by Gasteiger charge is 2.15. The highest BCUT2D eigenvalue weighted by Crippen LogP contribution is 2.38. The Hall–Kier alpha value is -1.66. The third kappa shape index (κ3) is 6.29. The van der Waals surface area contributed by atoms with Crippen molar-refractivity contribution in [1.82, 2.24) is 10.6 Å². The summed E-state index contributed by atoms with van der Waals surface area (Å²) in [6, 6.07) is 3.78. The van der Waals surface area contributed by atoms with E-state index in [9.17, 15) is 4.79 Å². The lowest BCUT2D eigenvalue weighted by Gasteiger charge is -2.22. The molecule has 1 atom stereocenters. The standard InChI is InChI=1S/C18H28N2O4.ClH/c1-22-15-9-13(10-16(23-2)18(15)24-3)6-7-17(21)20-12-14-5-4-8-19-11-14;/h9-10,14,19H,4-8,11-12H2,1-3H3,(H,20,21);1H. The van der Waals surface area contributed by atoms with Crippen LogP contribution < -0.4 is 24.8 Å². The molecule has 1 aliphatic rings. The van der Waals surface area contributed by atoms with Gasteiger partial charge in [-0.3, -0.25) is 4.79 Å². The van der Waals surface area contributed by atoms with Crippen LogP contribution in [0.3, 0.4) is 0 Å². The maximum absolute atomic E-state index is 12.1. The number of carbonyl (C=O) groups excluding carboxylic acids is 1. The third-order valence-electron chi connectivity index (χ3n) is 4.35. The summed E-state index contributed by atoms with van der Waals surface area (Å²) in [4.78, 5) is 12.1. The maximum Gasteiger partial charge on any atom is 0.220 e. The van der Waals surface area contributed by atoms with Crippen LogP contribution >= 0.6 is 12.4 Å². The molecule has 1 fully saturated rings. The van der Waals surface area contributed by atoms with Crippen molar-refractivity contribution in [2.45, 2.75) is 25.7 Å². The second-order valence-electron chi connectivity index (χ2n) is 6.05. The zero-order valence-electron chi connectivity index (χ0n) is 15.2. The molecule has 1 amide bonds. The Labute approximate surface area is 156 Å². The van der Waals surface area contributed by atoms with Crippen molar-refractivity contribution < 1.29 is 19.0 Å². The van der Waals surface area contributed by atoms with E-state index in [1.54, 1.807) is 21.3 Å². The van der Waals surface area contributed by atoms with Crippen LogP contribution in [0, 0.1) is 5.92 Å². The highest BCUT2D eigenvalue weighted by molar-refractivity contribution is 5.85. The van der Waals surface area contributed by atoms with Gasteiger partial charge in [-0.25, -0.2) is 0 Å². The molecule has 2 rings (SSSR count). The fraction of sp³-hybridized carbons (Fsp3) is 0.611. The van der Waals surface area contributed by atoms with E-state index in [1.807, 2.05) is 12.1 Å². The molecule has 142 valence electrons. The monoisotopic (exact) mass is 372 g/mol. The molecule has 0 spiro atoms. The summed E-state index contributed by atoms with van der Waals surface area (Å²) >= 11 is 0. The number of nitrogens with one attached hydrogen (secondary N) is 2. The van der Waals surface area contributed by atoms with E-state index < -0.39 is 0 Å². The van der Waals surface area contributed by atoms with Crippen LogP contribution in [-0.2, 0) is 11.2 Å². The minimum atomic E-state index is 0. The van der Waals surface area contributed by atoms with Crippen molar-refractivity contribution in [1.29, 1.82) is 0 Å². The van der Waals surface area contributed by atoms with Crippen molar-refractivity contribution >= 4 is 18.3 Å². The Morgan fingerprint density at radius 3 is 2.40 bits per heavy atom. The molecule has 0 bridgehead atoms. The fourth-order valence-corrected chi connectivity index (χ4v) is 2.98. The molecule has 2 N–H and O–H groups in total. The lowest BCUT2D eigenvalue weighted by molar-refractivity contribution is -0.121. The number of piperidine rings is 1. The van der Waals surface area contributed by atoms with Gasteiger partial charge in [-0.15, -0.1) is 12.4 Å². The zero-order valence-corrected chi connectivity index (χ0v) is 16.0. The lowest BCUT2D eigenvalue weighted by atomic mass is 9.99. The smallest absolute Gasteiger partial charge is 0.220 e. The molecule has 0 saturated carbocycles. The van der Waals surface area contributed by atoms with Gasteiger partial charge in [0.15, 0.2) is 11.5 Å². The quantitative estimate of drug-likeness (QED) is 0.732. The second-order valence-corrected chi connectivity index (χ2v) is 6.05. The molecule has 1 aliphatic heterocycles. The molecule has 0 radical (unpaired) electrons. The Morgan fingerprint density at radius 1 is 1.20 bits per heavy atom. The van der Waals surface area contributed by atoms with E-state index in [4.69, 9.17) is 14.2 Å². The molecule has 7 heteroatoms. The van der Waals surface area contributed by atoms with Gasteiger partial charge < -0.3 is 24.8 Å². The Bertz CT molecular complexity index is 523. The number of benzene rings is 1. The number of methoxy groups -OCH3 is 3. The van der Waals surface area contributed by atoms with E-state index in [1.165, 1.54) is 12.8 Å². The van der Waals surface area contributed by atoms with Gasteiger partial charge in [-0.2, -0.15) is 0 Å². The van der Waals surface area contributed by atoms with E-state index in [2.05, 4.69) is 10.6 Å². The number of carbonyl (C=O) groups is 1. The van der Waals surface area contributed by atoms with Gasteiger partial charge in [0.2, 0.25) is 11.7 Å². The van der Waals surface area contributed by atoms with Crippen LogP contribution in [0.1, 0.15) is 24.8 Å². The Morgan fingerprint density at radius 2 is 1.88 bits per heavy atom. The van der Waals surface area contributed by atoms with Crippen LogP contribution in [0.15, 0.2) is 12.1 Å². The predicted molar refractivity (Wildman–Crippen MR) is 100 cm³/mol. The summed E-state index contributed by atoms with van der Waals surface area (Å²) in [6.45, 7) is 2.83. The number of hydrogen-bond donors (Lipinski definition) is 2. The molecule has 1 heterocycles. The predicted octanol–water partition coefficient (Wildman–Crippen LogP) is 2.18. The summed E-state index contributed by atoms with van der Waals surface area (Å²) in [5, 5.41) is 6.40. The molecule has 1 aromatic rings. The zero-order chi connectivity index (χ0) is 17.4. The first-order chi connectivity index (χ1) is 11.7. The molecule has 1 aromatic carbocycles. The average Bonchev–Trinajstić information content (AvgIpc) is 2.64. The van der Waals surface area contributed by atoms with E-state index in [0.717, 1.165) is 25.2 Å². The number of aryl methyl sites for hydroxylation is 1. The number of amides is 1. The lowest BCUT2D eigenvalue weighted by Crippen LogP contribution is -2.38. The number of hydrogen-bond acceptors (Lipinski definition) is 5. The van der Waals surface area contributed by atoms with Crippen LogP contribution in [0.25, 0.3) is 0 Å². The summed E-state index contributed by atoms with van der Waals surface area (Å²) in [6.07, 6.45) is 3.44. The minimum absolute atomic E-state index is 0. The summed E-state index contributed by atoms with van der Waals surface area (Å²) in [7, 11) is 4.76. The van der Waals surface area contributed by atoms with Gasteiger partial charge in [-0.05, 0) is 56.0 Å². The molecule has 6 nitrogen and oxygen atoms in total. The summed E-state index contributed by atoms with van der Waals surface area (Å²) in [5.41, 5.74) is 0.985. The molecule has 0 aliphatic carbocycles. The number of ether oxygens (including phenoxy) is 3. The highest BCUT2D eigenvalue weighted by atomic mass is 35.5. The molecule has 25 heavy (non-hydrogen) atoms. The number of rotatable bonds is 8. The first-order valence-corrected chi connectivity index (χ1v) is 8.44. The summed E-state index contributed by atoms with van der Waals surface area (Å²) < 4.78 is 16.0. The SMILES string of the molecule is COc1cc(CCC(=O)NCC2CCCNC2)cc(OC)c1OC.Cl. The molecular weight excluding hydrogens is 344 g/mol. The molecule has 0 aromatic heterocycles. The van der Waals surface area contributed by atoms with Crippen LogP contribution in [0.5, 0.6) is 17.2 Å². The summed E-state index contributed by atoms with van der Waals surface area (Å²) in [5.74, 6) is 2.41. The maximum atomic E-state index is 12.1. The first-order valence-electron chi connectivity index (χ1n) is 8.44. The van der Waals surface area contributed by atoms with Gasteiger partial charge in [0, 0.05) is 13.0 Å². The van der Waals surface area contributed by atoms with Crippen molar-refractivity contribution in [3.05, 3.63) is 17.7 Å². The largest absolute Gasteiger partial charge is 0.493 e. The molecular formula is C18H29ClN2O4. The molecule has 1 unspecified atom stereocenters. The van der Waals surface area contributed by atoms with Crippen molar-refractivity contribution in [2.75, 3.05) is 41.0 Å². The average molecular weight is 373 g/mol. The normalized spacial score (nSPS) is 16.5. The second kappa shape index (κ2) is 11.1. The fourth-order valence-electron chi connectivity index (χ4n) is 2.98. The van der Waals surface area contributed by atoms with Crippen molar-refractivity contribution in [3.63, 3.8) is 0 Å². The molecule has 1 saturated heterocycles. The third-order valence-corrected chi connectivity index (χ3v) is 4.35. The van der Waals surface area contributed by atoms with Gasteiger partial charge in [0.25, 0.3) is 0 Å². The van der Waals surface area contributed by atoms with Gasteiger partial charge in [0.1, 0.15) is 0 Å². The van der Waals surface area contributed by atoms with Crippen molar-refractivity contribution in [2.24, 2.45) is 5.92 Å². The Kier molecular flexibility index (Phi) is 9.45. The van der Waals surface area contributed by atoms with Gasteiger partial charge >= 0.3 is 0 Å². The first kappa shape index (κ1) is 21.4. The van der Waals surface area contributed by atoms with E-state index in [0.29, 0.717) is 36.0 Å². The van der Waals surface area contributed by atoms with Crippen LogP contribution in [0.2, 0.25) is 0 Å².